The van der Waals surface area contributed by atoms with E-state index in [4.69, 9.17) is 5.73 Å². The summed E-state index contributed by atoms with van der Waals surface area (Å²) < 4.78 is 0. The Morgan fingerprint density at radius 1 is 1.21 bits per heavy atom. The largest absolute Gasteiger partial charge is 0.366 e. The van der Waals surface area contributed by atoms with Crippen molar-refractivity contribution < 1.29 is 9.59 Å². The van der Waals surface area contributed by atoms with E-state index in [0.29, 0.717) is 31.2 Å². The fourth-order valence-corrected chi connectivity index (χ4v) is 2.19. The van der Waals surface area contributed by atoms with Gasteiger partial charge in [0.05, 0.1) is 6.54 Å². The highest BCUT2D eigenvalue weighted by atomic mass is 16.2. The molecule has 1 aromatic carbocycles. The van der Waals surface area contributed by atoms with E-state index in [2.05, 4.69) is 20.9 Å². The predicted octanol–water partition coefficient (Wildman–Crippen LogP) is 0.367. The number of aliphatic imine (C=N–C) groups is 1. The molecule has 0 aromatic heterocycles. The summed E-state index contributed by atoms with van der Waals surface area (Å²) >= 11 is 0. The van der Waals surface area contributed by atoms with Crippen molar-refractivity contribution in [1.29, 1.82) is 0 Å². The maximum Gasteiger partial charge on any atom is 0.248 e. The monoisotopic (exact) mass is 331 g/mol. The number of primary amides is 1. The molecule has 130 valence electrons. The molecule has 7 nitrogen and oxygen atoms in total. The molecule has 0 bridgehead atoms. The zero-order chi connectivity index (χ0) is 17.4. The molecule has 0 unspecified atom stereocenters. The van der Waals surface area contributed by atoms with E-state index in [0.717, 1.165) is 24.9 Å². The maximum absolute atomic E-state index is 11.6. The minimum atomic E-state index is -0.447. The zero-order valence-electron chi connectivity index (χ0n) is 14.0. The van der Waals surface area contributed by atoms with E-state index in [1.807, 2.05) is 13.0 Å². The molecule has 0 heterocycles. The number of hydrogen-bond acceptors (Lipinski definition) is 3. The van der Waals surface area contributed by atoms with Crippen molar-refractivity contribution in [2.75, 3.05) is 19.6 Å². The number of nitrogens with zero attached hydrogens (tertiary/aromatic N) is 1. The van der Waals surface area contributed by atoms with Gasteiger partial charge in [0.2, 0.25) is 11.8 Å². The number of hydrogen-bond donors (Lipinski definition) is 4. The highest BCUT2D eigenvalue weighted by molar-refractivity contribution is 5.92. The van der Waals surface area contributed by atoms with Gasteiger partial charge in [0.1, 0.15) is 0 Å². The summed E-state index contributed by atoms with van der Waals surface area (Å²) in [5, 5.41) is 9.22. The molecule has 2 amide bonds. The molecule has 24 heavy (non-hydrogen) atoms. The Kier molecular flexibility index (Phi) is 6.60. The Balaban J connectivity index is 1.81. The third-order valence-corrected chi connectivity index (χ3v) is 3.64. The fourth-order valence-electron chi connectivity index (χ4n) is 2.19. The molecule has 0 aliphatic heterocycles. The van der Waals surface area contributed by atoms with Gasteiger partial charge in [0, 0.05) is 31.1 Å². The van der Waals surface area contributed by atoms with E-state index in [1.165, 1.54) is 0 Å². The van der Waals surface area contributed by atoms with Gasteiger partial charge >= 0.3 is 0 Å². The average Bonchev–Trinajstić information content (AvgIpc) is 3.41. The standard InChI is InChI=1S/C17H25N5O2/c1-2-19-17(21-9-8-20-16(24)13-6-7-13)22-11-12-4-3-5-14(10-12)15(18)23/h3-5,10,13H,2,6-9,11H2,1H3,(H2,18,23)(H,20,24)(H2,19,21,22). The molecule has 0 atom stereocenters. The number of amides is 2. The number of carbonyl (C=O) groups excluding carboxylic acids is 2. The molecule has 1 aliphatic carbocycles. The fraction of sp³-hybridized carbons (Fsp3) is 0.471. The van der Waals surface area contributed by atoms with E-state index < -0.39 is 5.91 Å². The van der Waals surface area contributed by atoms with E-state index in [1.54, 1.807) is 18.2 Å². The van der Waals surface area contributed by atoms with Crippen LogP contribution in [0.4, 0.5) is 0 Å². The minimum Gasteiger partial charge on any atom is -0.366 e. The van der Waals surface area contributed by atoms with Crippen LogP contribution in [0.5, 0.6) is 0 Å². The van der Waals surface area contributed by atoms with Crippen LogP contribution in [0.1, 0.15) is 35.7 Å². The van der Waals surface area contributed by atoms with Crippen molar-refractivity contribution in [3.8, 4) is 0 Å². The number of carbonyl (C=O) groups is 2. The Bertz CT molecular complexity index is 611. The minimum absolute atomic E-state index is 0.141. The highest BCUT2D eigenvalue weighted by Crippen LogP contribution is 2.28. The first-order valence-corrected chi connectivity index (χ1v) is 8.28. The first kappa shape index (κ1) is 17.8. The van der Waals surface area contributed by atoms with Gasteiger partial charge in [-0.15, -0.1) is 0 Å². The summed E-state index contributed by atoms with van der Waals surface area (Å²) in [5.74, 6) is 0.589. The Hall–Kier alpha value is -2.57. The van der Waals surface area contributed by atoms with Crippen LogP contribution >= 0.6 is 0 Å². The SMILES string of the molecule is CCNC(=NCc1cccc(C(N)=O)c1)NCCNC(=O)C1CC1. The van der Waals surface area contributed by atoms with Crippen LogP contribution in [0.2, 0.25) is 0 Å². The molecule has 2 rings (SSSR count). The number of rotatable bonds is 8. The maximum atomic E-state index is 11.6. The highest BCUT2D eigenvalue weighted by Gasteiger charge is 2.28. The lowest BCUT2D eigenvalue weighted by Gasteiger charge is -2.12. The van der Waals surface area contributed by atoms with Crippen molar-refractivity contribution in [3.05, 3.63) is 35.4 Å². The third kappa shape index (κ3) is 5.91. The van der Waals surface area contributed by atoms with Crippen LogP contribution in [0.25, 0.3) is 0 Å². The van der Waals surface area contributed by atoms with Gasteiger partial charge in [0.15, 0.2) is 5.96 Å². The molecule has 0 saturated heterocycles. The predicted molar refractivity (Wildman–Crippen MR) is 93.5 cm³/mol. The van der Waals surface area contributed by atoms with Gasteiger partial charge in [-0.2, -0.15) is 0 Å². The number of nitrogens with one attached hydrogen (secondary N) is 3. The number of benzene rings is 1. The smallest absolute Gasteiger partial charge is 0.248 e. The number of guanidine groups is 1. The second-order valence-electron chi connectivity index (χ2n) is 5.75. The molecular formula is C17H25N5O2. The van der Waals surface area contributed by atoms with Gasteiger partial charge < -0.3 is 21.7 Å². The quantitative estimate of drug-likeness (QED) is 0.313. The summed E-state index contributed by atoms with van der Waals surface area (Å²) in [7, 11) is 0. The molecule has 1 fully saturated rings. The second kappa shape index (κ2) is 8.90. The summed E-state index contributed by atoms with van der Waals surface area (Å²) in [6, 6.07) is 7.11. The Morgan fingerprint density at radius 2 is 1.96 bits per heavy atom. The van der Waals surface area contributed by atoms with Crippen LogP contribution in [0, 0.1) is 5.92 Å². The van der Waals surface area contributed by atoms with Gasteiger partial charge in [-0.3, -0.25) is 9.59 Å². The van der Waals surface area contributed by atoms with E-state index in [9.17, 15) is 9.59 Å². The van der Waals surface area contributed by atoms with Crippen LogP contribution < -0.4 is 21.7 Å². The average molecular weight is 331 g/mol. The second-order valence-corrected chi connectivity index (χ2v) is 5.75. The van der Waals surface area contributed by atoms with Crippen molar-refractivity contribution in [3.63, 3.8) is 0 Å². The summed E-state index contributed by atoms with van der Waals surface area (Å²) in [5.41, 5.74) is 6.67. The molecule has 1 aliphatic rings. The van der Waals surface area contributed by atoms with Crippen molar-refractivity contribution in [2.24, 2.45) is 16.6 Å². The molecule has 7 heteroatoms. The number of nitrogens with two attached hydrogens (primary N) is 1. The molecule has 1 aromatic rings. The molecule has 1 saturated carbocycles. The molecule has 0 spiro atoms. The lowest BCUT2D eigenvalue weighted by Crippen LogP contribution is -2.41. The first-order chi connectivity index (χ1) is 11.6. The van der Waals surface area contributed by atoms with Crippen LogP contribution in [-0.2, 0) is 11.3 Å². The Morgan fingerprint density at radius 3 is 2.62 bits per heavy atom. The van der Waals surface area contributed by atoms with E-state index in [-0.39, 0.29) is 11.8 Å². The van der Waals surface area contributed by atoms with Gasteiger partial charge in [-0.1, -0.05) is 12.1 Å². The van der Waals surface area contributed by atoms with Crippen molar-refractivity contribution in [1.82, 2.24) is 16.0 Å². The zero-order valence-corrected chi connectivity index (χ0v) is 14.0. The van der Waals surface area contributed by atoms with Crippen molar-refractivity contribution in [2.45, 2.75) is 26.3 Å². The normalized spacial score (nSPS) is 14.1. The third-order valence-electron chi connectivity index (χ3n) is 3.64. The van der Waals surface area contributed by atoms with Gasteiger partial charge in [-0.05, 0) is 37.5 Å². The molecule has 0 radical (unpaired) electrons. The molecule has 5 N–H and O–H groups in total. The first-order valence-electron chi connectivity index (χ1n) is 8.28. The van der Waals surface area contributed by atoms with Crippen LogP contribution in [0.15, 0.2) is 29.3 Å². The Labute approximate surface area is 142 Å². The summed E-state index contributed by atoms with van der Waals surface area (Å²) in [4.78, 5) is 27.2. The van der Waals surface area contributed by atoms with Crippen LogP contribution in [0.3, 0.4) is 0 Å². The summed E-state index contributed by atoms with van der Waals surface area (Å²) in [6.07, 6.45) is 2.02. The van der Waals surface area contributed by atoms with Gasteiger partial charge in [0.25, 0.3) is 0 Å². The summed E-state index contributed by atoms with van der Waals surface area (Å²) in [6.45, 7) is 4.33. The lowest BCUT2D eigenvalue weighted by atomic mass is 10.1. The lowest BCUT2D eigenvalue weighted by molar-refractivity contribution is -0.122. The topological polar surface area (TPSA) is 109 Å². The van der Waals surface area contributed by atoms with Gasteiger partial charge in [-0.25, -0.2) is 4.99 Å². The molecular weight excluding hydrogens is 306 g/mol. The van der Waals surface area contributed by atoms with E-state index >= 15 is 0 Å². The van der Waals surface area contributed by atoms with Crippen molar-refractivity contribution >= 4 is 17.8 Å². The van der Waals surface area contributed by atoms with Crippen LogP contribution in [-0.4, -0.2) is 37.4 Å².